The molecule has 8 nitrogen and oxygen atoms in total. The summed E-state index contributed by atoms with van der Waals surface area (Å²) in [6.07, 6.45) is 7.62. The van der Waals surface area contributed by atoms with Crippen LogP contribution in [0.4, 0.5) is 13.2 Å². The second-order valence-corrected chi connectivity index (χ2v) is 13.0. The summed E-state index contributed by atoms with van der Waals surface area (Å²) in [6, 6.07) is 9.77. The van der Waals surface area contributed by atoms with Crippen molar-refractivity contribution in [2.45, 2.75) is 83.3 Å². The molecule has 0 aliphatic carbocycles. The molecule has 4 aromatic rings. The van der Waals surface area contributed by atoms with Gasteiger partial charge in [0, 0.05) is 53.9 Å². The maximum absolute atomic E-state index is 15.9. The van der Waals surface area contributed by atoms with Gasteiger partial charge in [-0.2, -0.15) is 4.98 Å². The number of H-pyrrole nitrogens is 1. The molecule has 0 radical (unpaired) electrons. The number of nitrogens with two attached hydrogens (primary N) is 1. The fourth-order valence-electron chi connectivity index (χ4n) is 6.66. The van der Waals surface area contributed by atoms with E-state index in [2.05, 4.69) is 20.2 Å². The minimum Gasteiger partial charge on any atom is -0.374 e. The maximum Gasteiger partial charge on any atom is 0.354 e. The summed E-state index contributed by atoms with van der Waals surface area (Å²) in [6.45, 7) is 4.31. The van der Waals surface area contributed by atoms with Crippen LogP contribution in [-0.2, 0) is 6.42 Å². The molecule has 0 saturated carbocycles. The number of aryl methyl sites for hydroxylation is 1. The Morgan fingerprint density at radius 2 is 2.02 bits per heavy atom. The van der Waals surface area contributed by atoms with E-state index >= 15 is 8.78 Å². The van der Waals surface area contributed by atoms with Crippen LogP contribution in [0.3, 0.4) is 0 Å². The van der Waals surface area contributed by atoms with Gasteiger partial charge in [-0.1, -0.05) is 17.7 Å². The van der Waals surface area contributed by atoms with E-state index in [-0.39, 0.29) is 34.4 Å². The van der Waals surface area contributed by atoms with Gasteiger partial charge >= 0.3 is 5.69 Å². The number of nitrogens with one attached hydrogen (secondary N) is 3. The van der Waals surface area contributed by atoms with E-state index in [0.717, 1.165) is 44.1 Å². The van der Waals surface area contributed by atoms with Gasteiger partial charge in [0.15, 0.2) is 5.82 Å². The summed E-state index contributed by atoms with van der Waals surface area (Å²) in [4.78, 5) is 22.5. The third-order valence-corrected chi connectivity index (χ3v) is 9.21. The molecule has 252 valence electrons. The average Bonchev–Trinajstić information content (AvgIpc) is 3.43. The number of benzene rings is 2. The molecule has 12 heteroatoms. The Morgan fingerprint density at radius 3 is 2.74 bits per heavy atom. The lowest BCUT2D eigenvalue weighted by atomic mass is 9.88. The molecule has 5 N–H and O–H groups in total. The molecule has 47 heavy (non-hydrogen) atoms. The van der Waals surface area contributed by atoms with Crippen LogP contribution in [0, 0.1) is 17.0 Å². The van der Waals surface area contributed by atoms with Gasteiger partial charge in [0.2, 0.25) is 0 Å². The minimum atomic E-state index is -0.613. The highest BCUT2D eigenvalue weighted by molar-refractivity contribution is 6.31. The van der Waals surface area contributed by atoms with Crippen molar-refractivity contribution in [1.29, 1.82) is 5.41 Å². The van der Waals surface area contributed by atoms with Crippen LogP contribution in [0.15, 0.2) is 47.4 Å². The molecule has 5 rings (SSSR count). The largest absolute Gasteiger partial charge is 0.374 e. The molecule has 1 aliphatic rings. The molecule has 1 fully saturated rings. The van der Waals surface area contributed by atoms with Crippen LogP contribution >= 0.6 is 11.6 Å². The zero-order valence-corrected chi connectivity index (χ0v) is 27.6. The predicted octanol–water partition coefficient (Wildman–Crippen LogP) is 7.21. The summed E-state index contributed by atoms with van der Waals surface area (Å²) in [7, 11) is 0. The number of amidine groups is 1. The SMILES string of the molecule is CC(=N)NCC[C@@H]1CCC[C@@H](c2ccc(-n3cc4cc(-c5cc(CCC[C@H](C)N)cc(Cl)c5F)[nH]c4nc3=O)cc2F)N1CCCF. The first-order chi connectivity index (χ1) is 22.5. The van der Waals surface area contributed by atoms with E-state index in [1.54, 1.807) is 43.5 Å². The lowest BCUT2D eigenvalue weighted by Crippen LogP contribution is -2.44. The number of rotatable bonds is 13. The molecule has 0 amide bonds. The molecule has 3 heterocycles. The number of hydrogen-bond acceptors (Lipinski definition) is 5. The van der Waals surface area contributed by atoms with Crippen LogP contribution in [0.2, 0.25) is 5.02 Å². The van der Waals surface area contributed by atoms with E-state index < -0.39 is 24.0 Å². The molecule has 1 aliphatic heterocycles. The standard InChI is InChI=1S/C35H43ClF3N7O/c1-21(40)6-3-7-23-16-28(33(39)29(36)17-23)31-18-24-20-46(35(47)44-34(24)43-31)26-10-11-27(30(38)19-26)32-9-4-8-25(12-14-42-22(2)41)45(32)15-5-13-37/h10-11,16-21,25,32H,3-9,12-15,40H2,1-2H3,(H2,41,42)(H,43,44,47)/t21-,25-,32-/m0/s1. The maximum atomic E-state index is 15.9. The normalized spacial score (nSPS) is 17.7. The number of aromatic amines is 1. The lowest BCUT2D eigenvalue weighted by Gasteiger charge is -2.43. The van der Waals surface area contributed by atoms with Gasteiger partial charge in [-0.3, -0.25) is 19.3 Å². The monoisotopic (exact) mass is 669 g/mol. The van der Waals surface area contributed by atoms with Crippen molar-refractivity contribution >= 4 is 28.5 Å². The predicted molar refractivity (Wildman–Crippen MR) is 182 cm³/mol. The highest BCUT2D eigenvalue weighted by Gasteiger charge is 2.32. The third-order valence-electron chi connectivity index (χ3n) is 8.93. The first-order valence-corrected chi connectivity index (χ1v) is 16.7. The van der Waals surface area contributed by atoms with Gasteiger partial charge in [0.05, 0.1) is 28.9 Å². The topological polar surface area (TPSA) is 116 Å². The van der Waals surface area contributed by atoms with E-state index in [1.807, 2.05) is 6.92 Å². The van der Waals surface area contributed by atoms with E-state index in [1.165, 1.54) is 10.6 Å². The van der Waals surface area contributed by atoms with Crippen molar-refractivity contribution in [2.75, 3.05) is 19.8 Å². The van der Waals surface area contributed by atoms with Gasteiger partial charge in [-0.05, 0) is 101 Å². The summed E-state index contributed by atoms with van der Waals surface area (Å²) in [5.74, 6) is -0.637. The Bertz CT molecular complexity index is 1770. The number of alkyl halides is 1. The van der Waals surface area contributed by atoms with Gasteiger partial charge in [0.1, 0.15) is 11.5 Å². The minimum absolute atomic E-state index is 0.00530. The summed E-state index contributed by atoms with van der Waals surface area (Å²) in [5.41, 5.74) is 7.92. The summed E-state index contributed by atoms with van der Waals surface area (Å²) >= 11 is 6.25. The number of piperidine rings is 1. The van der Waals surface area contributed by atoms with Crippen molar-refractivity contribution in [3.63, 3.8) is 0 Å². The molecular formula is C35H43ClF3N7O. The van der Waals surface area contributed by atoms with Crippen LogP contribution < -0.4 is 16.7 Å². The van der Waals surface area contributed by atoms with Crippen molar-refractivity contribution in [1.82, 2.24) is 24.8 Å². The van der Waals surface area contributed by atoms with Crippen molar-refractivity contribution < 1.29 is 13.2 Å². The van der Waals surface area contributed by atoms with E-state index in [4.69, 9.17) is 22.7 Å². The van der Waals surface area contributed by atoms with E-state index in [0.29, 0.717) is 54.1 Å². The van der Waals surface area contributed by atoms with Crippen LogP contribution in [-0.4, -0.2) is 57.1 Å². The average molecular weight is 670 g/mol. The summed E-state index contributed by atoms with van der Waals surface area (Å²) < 4.78 is 45.6. The van der Waals surface area contributed by atoms with Crippen molar-refractivity contribution in [3.8, 4) is 16.9 Å². The smallest absolute Gasteiger partial charge is 0.354 e. The second-order valence-electron chi connectivity index (χ2n) is 12.6. The highest BCUT2D eigenvalue weighted by Crippen LogP contribution is 2.37. The number of aromatic nitrogens is 3. The van der Waals surface area contributed by atoms with Gasteiger partial charge in [-0.15, -0.1) is 0 Å². The number of halogens is 4. The molecule has 0 bridgehead atoms. The molecule has 2 aromatic carbocycles. The first kappa shape index (κ1) is 34.7. The molecule has 3 atom stereocenters. The van der Waals surface area contributed by atoms with Gasteiger partial charge in [0.25, 0.3) is 0 Å². The number of hydrogen-bond donors (Lipinski definition) is 4. The Kier molecular flexibility index (Phi) is 11.4. The molecule has 0 unspecified atom stereocenters. The molecule has 0 spiro atoms. The molecule has 1 saturated heterocycles. The van der Waals surface area contributed by atoms with Crippen LogP contribution in [0.25, 0.3) is 28.0 Å². The van der Waals surface area contributed by atoms with Crippen LogP contribution in [0.5, 0.6) is 0 Å². The number of nitrogens with zero attached hydrogens (tertiary/aromatic N) is 3. The second kappa shape index (κ2) is 15.5. The Morgan fingerprint density at radius 1 is 1.21 bits per heavy atom. The zero-order chi connectivity index (χ0) is 33.7. The van der Waals surface area contributed by atoms with Gasteiger partial charge in [-0.25, -0.2) is 13.6 Å². The van der Waals surface area contributed by atoms with Crippen molar-refractivity contribution in [2.24, 2.45) is 5.73 Å². The first-order valence-electron chi connectivity index (χ1n) is 16.3. The Hall–Kier alpha value is -3.67. The lowest BCUT2D eigenvalue weighted by molar-refractivity contribution is 0.0721. The fourth-order valence-corrected chi connectivity index (χ4v) is 6.90. The molecule has 2 aromatic heterocycles. The zero-order valence-electron chi connectivity index (χ0n) is 26.9. The van der Waals surface area contributed by atoms with E-state index in [9.17, 15) is 9.18 Å². The number of fused-ring (bicyclic) bond motifs is 1. The van der Waals surface area contributed by atoms with Gasteiger partial charge < -0.3 is 16.0 Å². The number of likely N-dealkylation sites (tertiary alicyclic amines) is 1. The Balaban J connectivity index is 1.42. The quantitative estimate of drug-likeness (QED) is 0.0887. The molecular weight excluding hydrogens is 627 g/mol. The summed E-state index contributed by atoms with van der Waals surface area (Å²) in [5, 5.41) is 11.2. The Labute approximate surface area is 278 Å². The highest BCUT2D eigenvalue weighted by atomic mass is 35.5. The van der Waals surface area contributed by atoms with Crippen LogP contribution in [0.1, 0.15) is 76.0 Å². The third kappa shape index (κ3) is 8.25. The fraction of sp³-hybridized carbons (Fsp3) is 0.457. The van der Waals surface area contributed by atoms with Crippen molar-refractivity contribution in [3.05, 3.63) is 80.9 Å².